The molecule has 2 rings (SSSR count). The van der Waals surface area contributed by atoms with Gasteiger partial charge >= 0.3 is 0 Å². The second-order valence-electron chi connectivity index (χ2n) is 3.38. The fourth-order valence-electron chi connectivity index (χ4n) is 1.33. The zero-order chi connectivity index (χ0) is 12.3. The van der Waals surface area contributed by atoms with Crippen molar-refractivity contribution in [1.82, 2.24) is 15.5 Å². The van der Waals surface area contributed by atoms with Gasteiger partial charge in [0.2, 0.25) is 11.8 Å². The van der Waals surface area contributed by atoms with Gasteiger partial charge in [-0.05, 0) is 18.7 Å². The van der Waals surface area contributed by atoms with Gasteiger partial charge in [-0.1, -0.05) is 24.6 Å². The fraction of sp³-hybridized carbons (Fsp3) is 0.273. The van der Waals surface area contributed by atoms with E-state index >= 15 is 0 Å². The average Bonchev–Trinajstić information content (AvgIpc) is 2.78. The first kappa shape index (κ1) is 12.0. The van der Waals surface area contributed by atoms with Crippen LogP contribution in [0.25, 0.3) is 11.5 Å². The molecule has 1 aromatic carbocycles. The molecule has 0 aliphatic heterocycles. The number of hydrogen-bond donors (Lipinski definition) is 1. The number of benzene rings is 1. The molecule has 2 aromatic rings. The largest absolute Gasteiger partial charge is 0.419 e. The lowest BCUT2D eigenvalue weighted by atomic mass is 10.2. The van der Waals surface area contributed by atoms with Crippen LogP contribution in [0.5, 0.6) is 0 Å². The summed E-state index contributed by atoms with van der Waals surface area (Å²) in [5, 5.41) is 10.7. The van der Waals surface area contributed by atoms with Gasteiger partial charge in [0.05, 0.1) is 17.1 Å². The van der Waals surface area contributed by atoms with E-state index in [0.29, 0.717) is 18.0 Å². The van der Waals surface area contributed by atoms with Crippen LogP contribution in [0.4, 0.5) is 4.39 Å². The minimum absolute atomic E-state index is 0.00819. The predicted octanol–water partition coefficient (Wildman–Crippen LogP) is 2.64. The molecule has 1 heterocycles. The maximum atomic E-state index is 13.2. The molecule has 0 aliphatic rings. The number of rotatable bonds is 4. The van der Waals surface area contributed by atoms with Crippen molar-refractivity contribution in [1.29, 1.82) is 0 Å². The van der Waals surface area contributed by atoms with Crippen molar-refractivity contribution < 1.29 is 8.81 Å². The molecule has 4 nitrogen and oxygen atoms in total. The summed E-state index contributed by atoms with van der Waals surface area (Å²) in [7, 11) is 0. The number of nitrogens with zero attached hydrogens (tertiary/aromatic N) is 2. The van der Waals surface area contributed by atoms with Crippen LogP contribution in [0.3, 0.4) is 0 Å². The molecular formula is C11H11ClFN3O. The lowest BCUT2D eigenvalue weighted by Gasteiger charge is -1.99. The SMILES string of the molecule is CCNCc1nnc(-c2cccc(F)c2Cl)o1. The summed E-state index contributed by atoms with van der Waals surface area (Å²) in [4.78, 5) is 0. The van der Waals surface area contributed by atoms with E-state index in [1.165, 1.54) is 6.07 Å². The maximum absolute atomic E-state index is 13.2. The van der Waals surface area contributed by atoms with Crippen LogP contribution in [0.15, 0.2) is 22.6 Å². The van der Waals surface area contributed by atoms with Crippen molar-refractivity contribution in [2.45, 2.75) is 13.5 Å². The number of aromatic nitrogens is 2. The van der Waals surface area contributed by atoms with E-state index in [9.17, 15) is 4.39 Å². The summed E-state index contributed by atoms with van der Waals surface area (Å²) in [6.07, 6.45) is 0. The molecule has 90 valence electrons. The van der Waals surface area contributed by atoms with Crippen molar-refractivity contribution in [3.8, 4) is 11.5 Å². The van der Waals surface area contributed by atoms with Crippen LogP contribution in [0, 0.1) is 5.82 Å². The molecule has 0 saturated heterocycles. The summed E-state index contributed by atoms with van der Waals surface area (Å²) in [6.45, 7) is 3.26. The standard InChI is InChI=1S/C11H11ClFN3O/c1-2-14-6-9-15-16-11(17-9)7-4-3-5-8(13)10(7)12/h3-5,14H,2,6H2,1H3. The van der Waals surface area contributed by atoms with Crippen LogP contribution in [0.1, 0.15) is 12.8 Å². The number of nitrogens with one attached hydrogen (secondary N) is 1. The van der Waals surface area contributed by atoms with Gasteiger partial charge in [-0.25, -0.2) is 4.39 Å². The summed E-state index contributed by atoms with van der Waals surface area (Å²) >= 11 is 5.82. The summed E-state index contributed by atoms with van der Waals surface area (Å²) in [5.41, 5.74) is 0.405. The van der Waals surface area contributed by atoms with Crippen molar-refractivity contribution in [2.24, 2.45) is 0 Å². The molecule has 1 N–H and O–H groups in total. The van der Waals surface area contributed by atoms with E-state index in [0.717, 1.165) is 6.54 Å². The van der Waals surface area contributed by atoms with E-state index in [4.69, 9.17) is 16.0 Å². The van der Waals surface area contributed by atoms with E-state index < -0.39 is 5.82 Å². The lowest BCUT2D eigenvalue weighted by Crippen LogP contribution is -2.11. The van der Waals surface area contributed by atoms with Crippen molar-refractivity contribution in [2.75, 3.05) is 6.54 Å². The van der Waals surface area contributed by atoms with Crippen molar-refractivity contribution in [3.05, 3.63) is 34.9 Å². The van der Waals surface area contributed by atoms with Gasteiger partial charge in [0.25, 0.3) is 0 Å². The van der Waals surface area contributed by atoms with Crippen LogP contribution in [0.2, 0.25) is 5.02 Å². The highest BCUT2D eigenvalue weighted by Gasteiger charge is 2.14. The van der Waals surface area contributed by atoms with Crippen LogP contribution in [-0.2, 0) is 6.54 Å². The Morgan fingerprint density at radius 1 is 1.41 bits per heavy atom. The third-order valence-electron chi connectivity index (χ3n) is 2.18. The number of hydrogen-bond acceptors (Lipinski definition) is 4. The molecule has 6 heteroatoms. The third-order valence-corrected chi connectivity index (χ3v) is 2.56. The highest BCUT2D eigenvalue weighted by atomic mass is 35.5. The summed E-state index contributed by atoms with van der Waals surface area (Å²) in [5.74, 6) is 0.167. The second kappa shape index (κ2) is 5.25. The molecule has 0 radical (unpaired) electrons. The Morgan fingerprint density at radius 2 is 2.24 bits per heavy atom. The molecule has 0 atom stereocenters. The van der Waals surface area contributed by atoms with Gasteiger partial charge < -0.3 is 9.73 Å². The molecule has 0 aliphatic carbocycles. The molecule has 0 unspecified atom stereocenters. The van der Waals surface area contributed by atoms with Crippen molar-refractivity contribution >= 4 is 11.6 Å². The second-order valence-corrected chi connectivity index (χ2v) is 3.76. The van der Waals surface area contributed by atoms with Crippen molar-refractivity contribution in [3.63, 3.8) is 0 Å². The van der Waals surface area contributed by atoms with Gasteiger partial charge in [0, 0.05) is 0 Å². The zero-order valence-electron chi connectivity index (χ0n) is 9.20. The van der Waals surface area contributed by atoms with E-state index in [1.54, 1.807) is 12.1 Å². The van der Waals surface area contributed by atoms with Crippen LogP contribution in [-0.4, -0.2) is 16.7 Å². The van der Waals surface area contributed by atoms with E-state index in [1.807, 2.05) is 6.92 Å². The summed E-state index contributed by atoms with van der Waals surface area (Å²) < 4.78 is 18.6. The lowest BCUT2D eigenvalue weighted by molar-refractivity contribution is 0.482. The normalized spacial score (nSPS) is 10.8. The molecule has 0 amide bonds. The Hall–Kier alpha value is -1.46. The van der Waals surface area contributed by atoms with Crippen LogP contribution < -0.4 is 5.32 Å². The molecule has 1 aromatic heterocycles. The van der Waals surface area contributed by atoms with E-state index in [2.05, 4.69) is 15.5 Å². The molecular weight excluding hydrogens is 245 g/mol. The molecule has 0 fully saturated rings. The maximum Gasteiger partial charge on any atom is 0.249 e. The first-order chi connectivity index (χ1) is 8.22. The Labute approximate surface area is 103 Å². The highest BCUT2D eigenvalue weighted by Crippen LogP contribution is 2.28. The van der Waals surface area contributed by atoms with Gasteiger partial charge in [-0.3, -0.25) is 0 Å². The molecule has 0 bridgehead atoms. The topological polar surface area (TPSA) is 51.0 Å². The zero-order valence-corrected chi connectivity index (χ0v) is 9.96. The fourth-order valence-corrected chi connectivity index (χ4v) is 1.54. The quantitative estimate of drug-likeness (QED) is 0.913. The van der Waals surface area contributed by atoms with Crippen LogP contribution >= 0.6 is 11.6 Å². The first-order valence-corrected chi connectivity index (χ1v) is 5.57. The van der Waals surface area contributed by atoms with Gasteiger partial charge in [0.15, 0.2) is 0 Å². The predicted molar refractivity (Wildman–Crippen MR) is 62.1 cm³/mol. The minimum atomic E-state index is -0.504. The Bertz CT molecular complexity index is 515. The number of halogens is 2. The third kappa shape index (κ3) is 2.62. The minimum Gasteiger partial charge on any atom is -0.419 e. The smallest absolute Gasteiger partial charge is 0.249 e. The summed E-state index contributed by atoms with van der Waals surface area (Å²) in [6, 6.07) is 4.46. The Balaban J connectivity index is 2.27. The molecule has 0 spiro atoms. The van der Waals surface area contributed by atoms with E-state index in [-0.39, 0.29) is 10.9 Å². The molecule has 17 heavy (non-hydrogen) atoms. The Morgan fingerprint density at radius 3 is 3.00 bits per heavy atom. The first-order valence-electron chi connectivity index (χ1n) is 5.20. The van der Waals surface area contributed by atoms with Gasteiger partial charge in [0.1, 0.15) is 5.82 Å². The molecule has 0 saturated carbocycles. The average molecular weight is 256 g/mol. The monoisotopic (exact) mass is 255 g/mol. The van der Waals surface area contributed by atoms with Gasteiger partial charge in [-0.15, -0.1) is 10.2 Å². The highest BCUT2D eigenvalue weighted by molar-refractivity contribution is 6.33. The Kier molecular flexibility index (Phi) is 3.71. The van der Waals surface area contributed by atoms with Gasteiger partial charge in [-0.2, -0.15) is 0 Å².